The van der Waals surface area contributed by atoms with Gasteiger partial charge in [0, 0.05) is 44.1 Å². The highest BCUT2D eigenvalue weighted by molar-refractivity contribution is 5.70. The van der Waals surface area contributed by atoms with Gasteiger partial charge >= 0.3 is 17.6 Å². The zero-order valence-corrected chi connectivity index (χ0v) is 38.2. The van der Waals surface area contributed by atoms with Gasteiger partial charge in [-0.1, -0.05) is 194 Å². The molecule has 1 aliphatic rings. The number of aryl methyl sites for hydroxylation is 1. The molecule has 1 radical (unpaired) electrons. The van der Waals surface area contributed by atoms with E-state index in [4.69, 9.17) is 14.2 Å². The molecule has 2 heterocycles. The van der Waals surface area contributed by atoms with Crippen molar-refractivity contribution < 1.29 is 23.8 Å². The number of rotatable bonds is 38. The van der Waals surface area contributed by atoms with Crippen molar-refractivity contribution in [1.29, 1.82) is 0 Å². The Morgan fingerprint density at radius 3 is 1.51 bits per heavy atom. The molecule has 0 aliphatic carbocycles. The van der Waals surface area contributed by atoms with Crippen LogP contribution in [0.1, 0.15) is 238 Å². The molecule has 0 spiro atoms. The van der Waals surface area contributed by atoms with Crippen molar-refractivity contribution in [2.24, 2.45) is 0 Å². The Hall–Kier alpha value is -2.46. The van der Waals surface area contributed by atoms with E-state index in [1.807, 2.05) is 0 Å². The second-order valence-electron chi connectivity index (χ2n) is 17.8. The standard InChI is InChI=1S/C49H88N3O7/c1-5-7-9-11-13-15-17-19-21-23-25-27-29-31-33-35-45(53)57-41-49(4,37-43-38-50-39-44(58-43)52-40-42(3)47(55)51-48(52)56)59-46(54)36-34-32-30-28-26-24-22-20-18-16-14-12-10-8-6-2/h40,43-44,50H,4-39,41H2,1-3H3,(H,51,55,56)/t43-,44+,49?/m0/s1. The maximum absolute atomic E-state index is 13.2. The van der Waals surface area contributed by atoms with E-state index in [1.165, 1.54) is 165 Å². The largest absolute Gasteiger partial charge is 0.461 e. The van der Waals surface area contributed by atoms with Gasteiger partial charge in [-0.25, -0.2) is 4.79 Å². The number of aromatic amines is 1. The zero-order valence-electron chi connectivity index (χ0n) is 38.2. The number of ether oxygens (including phenoxy) is 3. The lowest BCUT2D eigenvalue weighted by molar-refractivity contribution is -0.175. The van der Waals surface area contributed by atoms with E-state index in [9.17, 15) is 19.2 Å². The summed E-state index contributed by atoms with van der Waals surface area (Å²) >= 11 is 0. The average Bonchev–Trinajstić information content (AvgIpc) is 3.21. The number of esters is 2. The lowest BCUT2D eigenvalue weighted by Crippen LogP contribution is -2.50. The first kappa shape index (κ1) is 52.7. The van der Waals surface area contributed by atoms with Crippen LogP contribution in [0.4, 0.5) is 0 Å². The summed E-state index contributed by atoms with van der Waals surface area (Å²) in [5.74, 6) is -0.678. The summed E-state index contributed by atoms with van der Waals surface area (Å²) in [6.45, 7) is 11.1. The van der Waals surface area contributed by atoms with Crippen molar-refractivity contribution >= 4 is 11.9 Å². The van der Waals surface area contributed by atoms with Crippen molar-refractivity contribution in [3.05, 3.63) is 39.5 Å². The molecule has 1 saturated heterocycles. The Morgan fingerprint density at radius 2 is 1.07 bits per heavy atom. The summed E-state index contributed by atoms with van der Waals surface area (Å²) in [5.41, 5.74) is -1.94. The summed E-state index contributed by atoms with van der Waals surface area (Å²) < 4.78 is 19.4. The van der Waals surface area contributed by atoms with E-state index >= 15 is 0 Å². The first-order chi connectivity index (χ1) is 28.7. The number of hydrogen-bond donors (Lipinski definition) is 2. The Labute approximate surface area is 359 Å². The number of carbonyl (C=O) groups excluding carboxylic acids is 2. The van der Waals surface area contributed by atoms with Crippen LogP contribution in [0, 0.1) is 13.8 Å². The molecular formula is C49H88N3O7. The molecule has 59 heavy (non-hydrogen) atoms. The number of morpholine rings is 1. The van der Waals surface area contributed by atoms with E-state index < -0.39 is 29.2 Å². The molecule has 0 amide bonds. The van der Waals surface area contributed by atoms with Gasteiger partial charge in [0.1, 0.15) is 12.2 Å². The first-order valence-electron chi connectivity index (χ1n) is 24.6. The SMILES string of the molecule is [CH2]C(COC(=O)CCCCCCCCCCCCCCCCC)(C[C@H]1CNC[C@H](n2cc(C)c(=O)[nH]c2=O)O1)OC(=O)CCCCCCCCCCCCCCCCC. The van der Waals surface area contributed by atoms with Gasteiger partial charge in [0.05, 0.1) is 6.10 Å². The molecule has 3 atom stereocenters. The monoisotopic (exact) mass is 831 g/mol. The summed E-state index contributed by atoms with van der Waals surface area (Å²) in [4.78, 5) is 52.9. The second-order valence-corrected chi connectivity index (χ2v) is 17.8. The highest BCUT2D eigenvalue weighted by Crippen LogP contribution is 2.26. The maximum Gasteiger partial charge on any atom is 0.330 e. The summed E-state index contributed by atoms with van der Waals surface area (Å²) in [5, 5.41) is 3.29. The van der Waals surface area contributed by atoms with E-state index in [0.29, 0.717) is 25.1 Å². The van der Waals surface area contributed by atoms with Crippen molar-refractivity contribution in [1.82, 2.24) is 14.9 Å². The number of aromatic nitrogens is 2. The minimum Gasteiger partial charge on any atom is -0.461 e. The minimum absolute atomic E-state index is 0.169. The molecule has 1 unspecified atom stereocenters. The van der Waals surface area contributed by atoms with Crippen LogP contribution in [0.15, 0.2) is 15.8 Å². The molecular weight excluding hydrogens is 743 g/mol. The van der Waals surface area contributed by atoms with Gasteiger partial charge in [-0.15, -0.1) is 0 Å². The maximum atomic E-state index is 13.2. The van der Waals surface area contributed by atoms with Crippen molar-refractivity contribution in [2.45, 2.75) is 251 Å². The van der Waals surface area contributed by atoms with Gasteiger partial charge < -0.3 is 19.5 Å². The van der Waals surface area contributed by atoms with Gasteiger partial charge in [-0.05, 0) is 26.7 Å². The third-order valence-electron chi connectivity index (χ3n) is 11.9. The van der Waals surface area contributed by atoms with Crippen LogP contribution in [0.2, 0.25) is 0 Å². The number of nitrogens with one attached hydrogen (secondary N) is 2. The van der Waals surface area contributed by atoms with Crippen LogP contribution in [0.3, 0.4) is 0 Å². The topological polar surface area (TPSA) is 129 Å². The van der Waals surface area contributed by atoms with Crippen LogP contribution in [-0.2, 0) is 23.8 Å². The van der Waals surface area contributed by atoms with Crippen LogP contribution >= 0.6 is 0 Å². The number of carbonyl (C=O) groups is 2. The Balaban J connectivity index is 1.73. The molecule has 1 aromatic heterocycles. The fraction of sp³-hybridized carbons (Fsp3) is 0.857. The van der Waals surface area contributed by atoms with Crippen LogP contribution in [-0.4, -0.2) is 52.9 Å². The normalized spacial score (nSPS) is 16.5. The second kappa shape index (κ2) is 34.2. The smallest absolute Gasteiger partial charge is 0.330 e. The summed E-state index contributed by atoms with van der Waals surface area (Å²) in [6, 6.07) is 0. The fourth-order valence-electron chi connectivity index (χ4n) is 8.17. The van der Waals surface area contributed by atoms with Gasteiger partial charge in [-0.2, -0.15) is 0 Å². The highest BCUT2D eigenvalue weighted by Gasteiger charge is 2.37. The Bertz CT molecular complexity index is 1330. The van der Waals surface area contributed by atoms with Crippen LogP contribution in [0.5, 0.6) is 0 Å². The quantitative estimate of drug-likeness (QED) is 0.0498. The zero-order chi connectivity index (χ0) is 42.8. The van der Waals surface area contributed by atoms with Gasteiger partial charge in [0.25, 0.3) is 5.56 Å². The minimum atomic E-state index is -1.35. The predicted molar refractivity (Wildman–Crippen MR) is 242 cm³/mol. The molecule has 0 aromatic carbocycles. The summed E-state index contributed by atoms with van der Waals surface area (Å²) in [7, 11) is 0. The average molecular weight is 831 g/mol. The van der Waals surface area contributed by atoms with Crippen molar-refractivity contribution in [2.75, 3.05) is 19.7 Å². The molecule has 0 bridgehead atoms. The van der Waals surface area contributed by atoms with Crippen molar-refractivity contribution in [3.63, 3.8) is 0 Å². The third kappa shape index (κ3) is 26.5. The van der Waals surface area contributed by atoms with Gasteiger partial charge in [0.2, 0.25) is 0 Å². The Kier molecular flexibility index (Phi) is 30.5. The van der Waals surface area contributed by atoms with Crippen LogP contribution in [0.25, 0.3) is 0 Å². The molecule has 1 fully saturated rings. The fourth-order valence-corrected chi connectivity index (χ4v) is 8.17. The summed E-state index contributed by atoms with van der Waals surface area (Å²) in [6.07, 6.45) is 38.7. The lowest BCUT2D eigenvalue weighted by Gasteiger charge is -2.37. The molecule has 0 saturated carbocycles. The molecule has 10 nitrogen and oxygen atoms in total. The van der Waals surface area contributed by atoms with Gasteiger partial charge in [-0.3, -0.25) is 23.9 Å². The molecule has 1 aromatic rings. The van der Waals surface area contributed by atoms with E-state index in [-0.39, 0.29) is 31.4 Å². The number of unbranched alkanes of at least 4 members (excludes halogenated alkanes) is 28. The number of hydrogen-bond acceptors (Lipinski definition) is 8. The highest BCUT2D eigenvalue weighted by atomic mass is 16.6. The van der Waals surface area contributed by atoms with Gasteiger partial charge in [0.15, 0.2) is 6.23 Å². The number of nitrogens with zero attached hydrogens (tertiary/aromatic N) is 1. The molecule has 2 N–H and O–H groups in total. The predicted octanol–water partition coefficient (Wildman–Crippen LogP) is 11.9. The van der Waals surface area contributed by atoms with E-state index in [0.717, 1.165) is 38.5 Å². The van der Waals surface area contributed by atoms with Crippen LogP contribution < -0.4 is 16.6 Å². The molecule has 2 rings (SSSR count). The van der Waals surface area contributed by atoms with E-state index in [2.05, 4.69) is 31.1 Å². The molecule has 1 aliphatic heterocycles. The van der Waals surface area contributed by atoms with Crippen molar-refractivity contribution in [3.8, 4) is 0 Å². The lowest BCUT2D eigenvalue weighted by atomic mass is 9.97. The van der Waals surface area contributed by atoms with E-state index in [1.54, 1.807) is 6.92 Å². The number of H-pyrrole nitrogens is 1. The first-order valence-corrected chi connectivity index (χ1v) is 24.6. The molecule has 10 heteroatoms. The molecule has 341 valence electrons. The Morgan fingerprint density at radius 1 is 0.661 bits per heavy atom. The third-order valence-corrected chi connectivity index (χ3v) is 11.9.